The number of nitrogens with zero attached hydrogens (tertiary/aromatic N) is 3. The third-order valence-corrected chi connectivity index (χ3v) is 8.32. The number of aromatic nitrogens is 3. The number of amides is 2. The molecule has 2 amide bonds. The van der Waals surface area contributed by atoms with Gasteiger partial charge in [0.1, 0.15) is 11.3 Å². The van der Waals surface area contributed by atoms with Gasteiger partial charge in [-0.05, 0) is 87.9 Å². The Bertz CT molecular complexity index is 1710. The van der Waals surface area contributed by atoms with E-state index in [0.29, 0.717) is 13.0 Å². The van der Waals surface area contributed by atoms with E-state index in [9.17, 15) is 13.2 Å². The van der Waals surface area contributed by atoms with Crippen molar-refractivity contribution >= 4 is 33.7 Å². The third kappa shape index (κ3) is 7.41. The van der Waals surface area contributed by atoms with E-state index in [4.69, 9.17) is 19.9 Å². The SMILES string of the molecule is Cc1ccc(S(=O)(=O)NC(=O)NCCc2ccc(-n3c(CC4=CCCC4)nc4c(C)cc(C)nc43)cc2)cc1.O=CO. The van der Waals surface area contributed by atoms with Crippen LogP contribution < -0.4 is 10.0 Å². The van der Waals surface area contributed by atoms with E-state index < -0.39 is 16.1 Å². The van der Waals surface area contributed by atoms with E-state index in [1.54, 1.807) is 12.1 Å². The Labute approximate surface area is 245 Å². The lowest BCUT2D eigenvalue weighted by molar-refractivity contribution is -0.122. The Balaban J connectivity index is 0.00000129. The maximum Gasteiger partial charge on any atom is 0.328 e. The van der Waals surface area contributed by atoms with Gasteiger partial charge in [0.15, 0.2) is 5.65 Å². The molecule has 11 heteroatoms. The molecule has 2 aromatic heterocycles. The molecule has 0 bridgehead atoms. The number of pyridine rings is 1. The maximum absolute atomic E-state index is 12.4. The Morgan fingerprint density at radius 3 is 2.38 bits per heavy atom. The summed E-state index contributed by atoms with van der Waals surface area (Å²) in [4.78, 5) is 30.5. The molecule has 2 aromatic carbocycles. The number of fused-ring (bicyclic) bond motifs is 1. The molecule has 0 unspecified atom stereocenters. The van der Waals surface area contributed by atoms with Crippen molar-refractivity contribution < 1.29 is 23.1 Å². The normalized spacial score (nSPS) is 12.8. The van der Waals surface area contributed by atoms with Gasteiger partial charge in [0, 0.05) is 24.3 Å². The predicted octanol–water partition coefficient (Wildman–Crippen LogP) is 4.93. The highest BCUT2D eigenvalue weighted by atomic mass is 32.2. The van der Waals surface area contributed by atoms with Gasteiger partial charge in [0.05, 0.1) is 4.90 Å². The molecule has 0 aliphatic heterocycles. The molecule has 10 nitrogen and oxygen atoms in total. The van der Waals surface area contributed by atoms with Gasteiger partial charge in [-0.3, -0.25) is 9.36 Å². The summed E-state index contributed by atoms with van der Waals surface area (Å²) in [7, 11) is -3.92. The minimum Gasteiger partial charge on any atom is -0.483 e. The van der Waals surface area contributed by atoms with Crippen molar-refractivity contribution in [2.45, 2.75) is 57.8 Å². The van der Waals surface area contributed by atoms with Crippen molar-refractivity contribution in [3.05, 3.63) is 94.5 Å². The van der Waals surface area contributed by atoms with Crippen LogP contribution in [0.1, 0.15) is 47.5 Å². The van der Waals surface area contributed by atoms with Gasteiger partial charge in [-0.2, -0.15) is 0 Å². The lowest BCUT2D eigenvalue weighted by atomic mass is 10.1. The number of hydrogen-bond donors (Lipinski definition) is 3. The van der Waals surface area contributed by atoms with E-state index in [-0.39, 0.29) is 11.4 Å². The first-order valence-corrected chi connectivity index (χ1v) is 15.2. The molecule has 3 N–H and O–H groups in total. The molecule has 220 valence electrons. The summed E-state index contributed by atoms with van der Waals surface area (Å²) in [6.07, 6.45) is 7.13. The molecular weight excluding hydrogens is 554 g/mol. The monoisotopic (exact) mass is 589 g/mol. The number of aryl methyl sites for hydroxylation is 3. The van der Waals surface area contributed by atoms with Crippen LogP contribution in [0, 0.1) is 20.8 Å². The largest absolute Gasteiger partial charge is 0.483 e. The minimum atomic E-state index is -3.92. The fourth-order valence-corrected chi connectivity index (χ4v) is 5.89. The number of imidazole rings is 1. The lowest BCUT2D eigenvalue weighted by Crippen LogP contribution is -2.40. The zero-order chi connectivity index (χ0) is 30.3. The topological polar surface area (TPSA) is 143 Å². The second kappa shape index (κ2) is 13.4. The Morgan fingerprint density at radius 2 is 1.74 bits per heavy atom. The molecule has 0 saturated carbocycles. The second-order valence-corrected chi connectivity index (χ2v) is 11.9. The number of hydrogen-bond acceptors (Lipinski definition) is 6. The van der Waals surface area contributed by atoms with Crippen LogP contribution in [-0.2, 0) is 27.7 Å². The molecule has 4 aromatic rings. The van der Waals surface area contributed by atoms with Crippen LogP contribution >= 0.6 is 0 Å². The van der Waals surface area contributed by atoms with E-state index in [1.807, 2.05) is 38.1 Å². The number of nitrogens with one attached hydrogen (secondary N) is 2. The molecule has 1 aliphatic rings. The molecule has 0 fully saturated rings. The summed E-state index contributed by atoms with van der Waals surface area (Å²) in [6, 6.07) is 15.8. The molecule has 2 heterocycles. The van der Waals surface area contributed by atoms with Gasteiger partial charge >= 0.3 is 6.03 Å². The van der Waals surface area contributed by atoms with Crippen molar-refractivity contribution in [2.24, 2.45) is 0 Å². The summed E-state index contributed by atoms with van der Waals surface area (Å²) in [5, 5.41) is 9.52. The molecule has 0 radical (unpaired) electrons. The average Bonchev–Trinajstić information content (AvgIpc) is 3.58. The summed E-state index contributed by atoms with van der Waals surface area (Å²) in [5.41, 5.74) is 8.23. The van der Waals surface area contributed by atoms with Gasteiger partial charge in [-0.15, -0.1) is 0 Å². The molecular formula is C31H35N5O5S. The van der Waals surface area contributed by atoms with E-state index >= 15 is 0 Å². The first-order chi connectivity index (χ1) is 20.1. The average molecular weight is 590 g/mol. The molecule has 0 saturated heterocycles. The van der Waals surface area contributed by atoms with Gasteiger partial charge in [-0.25, -0.2) is 27.9 Å². The quantitative estimate of drug-likeness (QED) is 0.195. The van der Waals surface area contributed by atoms with Crippen molar-refractivity contribution in [1.82, 2.24) is 24.6 Å². The Morgan fingerprint density at radius 1 is 1.05 bits per heavy atom. The van der Waals surface area contributed by atoms with Crippen molar-refractivity contribution in [1.29, 1.82) is 0 Å². The predicted molar refractivity (Wildman–Crippen MR) is 161 cm³/mol. The highest BCUT2D eigenvalue weighted by Crippen LogP contribution is 2.28. The number of urea groups is 1. The molecule has 42 heavy (non-hydrogen) atoms. The lowest BCUT2D eigenvalue weighted by Gasteiger charge is -2.12. The molecule has 5 rings (SSSR count). The number of allylic oxidation sites excluding steroid dienone is 2. The van der Waals surface area contributed by atoms with E-state index in [0.717, 1.165) is 64.3 Å². The minimum absolute atomic E-state index is 0.0503. The zero-order valence-corrected chi connectivity index (χ0v) is 24.7. The van der Waals surface area contributed by atoms with Crippen LogP contribution in [-0.4, -0.2) is 47.1 Å². The third-order valence-electron chi connectivity index (χ3n) is 6.98. The zero-order valence-electron chi connectivity index (χ0n) is 23.9. The fourth-order valence-electron chi connectivity index (χ4n) is 4.96. The maximum atomic E-state index is 12.4. The molecule has 0 spiro atoms. The smallest absolute Gasteiger partial charge is 0.328 e. The summed E-state index contributed by atoms with van der Waals surface area (Å²) in [5.74, 6) is 0.986. The van der Waals surface area contributed by atoms with Gasteiger partial charge in [0.2, 0.25) is 0 Å². The number of carbonyl (C=O) groups is 2. The summed E-state index contributed by atoms with van der Waals surface area (Å²) >= 11 is 0. The molecule has 0 atom stereocenters. The highest BCUT2D eigenvalue weighted by Gasteiger charge is 2.19. The number of carbonyl (C=O) groups excluding carboxylic acids is 1. The number of benzene rings is 2. The standard InChI is InChI=1S/C30H33N5O3S.CH2O2/c1-20-8-14-26(15-9-20)39(37,38)34-30(36)31-17-16-23-10-12-25(13-11-23)35-27(19-24-6-4-5-7-24)33-28-21(2)18-22(3)32-29(28)35;2-1-3/h6,8-15,18H,4-5,7,16-17,19H2,1-3H3,(H2,31,34,36);1H,(H,2,3). The van der Waals surface area contributed by atoms with Crippen LogP contribution in [0.25, 0.3) is 16.9 Å². The van der Waals surface area contributed by atoms with Crippen LogP contribution in [0.3, 0.4) is 0 Å². The van der Waals surface area contributed by atoms with Crippen molar-refractivity contribution in [2.75, 3.05) is 6.54 Å². The summed E-state index contributed by atoms with van der Waals surface area (Å²) < 4.78 is 29.1. The number of rotatable bonds is 8. The van der Waals surface area contributed by atoms with E-state index in [2.05, 4.69) is 33.7 Å². The summed E-state index contributed by atoms with van der Waals surface area (Å²) in [6.45, 7) is 5.99. The van der Waals surface area contributed by atoms with Gasteiger partial charge < -0.3 is 10.4 Å². The van der Waals surface area contributed by atoms with Crippen molar-refractivity contribution in [3.63, 3.8) is 0 Å². The first kappa shape index (κ1) is 30.4. The van der Waals surface area contributed by atoms with Crippen LogP contribution in [0.5, 0.6) is 0 Å². The van der Waals surface area contributed by atoms with Gasteiger partial charge in [0.25, 0.3) is 16.5 Å². The Kier molecular flexibility index (Phi) is 9.74. The van der Waals surface area contributed by atoms with Gasteiger partial charge in [-0.1, -0.05) is 41.5 Å². The highest BCUT2D eigenvalue weighted by molar-refractivity contribution is 7.90. The second-order valence-electron chi connectivity index (χ2n) is 10.2. The van der Waals surface area contributed by atoms with Crippen LogP contribution in [0.2, 0.25) is 0 Å². The van der Waals surface area contributed by atoms with Crippen LogP contribution in [0.4, 0.5) is 4.79 Å². The number of sulfonamides is 1. The fraction of sp³-hybridized carbons (Fsp3) is 0.290. The van der Waals surface area contributed by atoms with Crippen molar-refractivity contribution in [3.8, 4) is 5.69 Å². The van der Waals surface area contributed by atoms with Crippen LogP contribution in [0.15, 0.2) is 71.1 Å². The molecule has 1 aliphatic carbocycles. The van der Waals surface area contributed by atoms with E-state index in [1.165, 1.54) is 24.1 Å². The Hall–Kier alpha value is -4.51. The number of carboxylic acid groups (broad SMARTS) is 1. The first-order valence-electron chi connectivity index (χ1n) is 13.7.